The van der Waals surface area contributed by atoms with E-state index in [9.17, 15) is 8.78 Å². The van der Waals surface area contributed by atoms with Crippen LogP contribution in [0.25, 0.3) is 22.1 Å². The molecule has 0 aliphatic rings. The second kappa shape index (κ2) is 5.05. The molecule has 0 bridgehead atoms. The van der Waals surface area contributed by atoms with Gasteiger partial charge in [-0.15, -0.1) is 6.58 Å². The fourth-order valence-corrected chi connectivity index (χ4v) is 2.12. The second-order valence-corrected chi connectivity index (χ2v) is 4.59. The first-order chi connectivity index (χ1) is 10.0. The van der Waals surface area contributed by atoms with Gasteiger partial charge in [0.05, 0.1) is 6.61 Å². The lowest BCUT2D eigenvalue weighted by Crippen LogP contribution is -2.21. The number of hydrogen-bond donors (Lipinski definition) is 0. The molecule has 0 saturated heterocycles. The van der Waals surface area contributed by atoms with Crippen molar-refractivity contribution in [3.8, 4) is 0 Å². The average Bonchev–Trinajstić information content (AvgIpc) is 2.85. The highest BCUT2D eigenvalue weighted by Crippen LogP contribution is 2.34. The number of ether oxygens (including phenoxy) is 1. The van der Waals surface area contributed by atoms with E-state index in [4.69, 9.17) is 16.0 Å². The molecule has 4 nitrogen and oxygen atoms in total. The SMILES string of the molecule is C=CCOC(F)(F)c1nc(Cl)c2oc3ccccc3c2n1. The van der Waals surface area contributed by atoms with Crippen LogP contribution in [-0.2, 0) is 10.8 Å². The van der Waals surface area contributed by atoms with Crippen LogP contribution in [0, 0.1) is 0 Å². The summed E-state index contributed by atoms with van der Waals surface area (Å²) in [6.07, 6.45) is -2.45. The Morgan fingerprint density at radius 1 is 1.33 bits per heavy atom. The minimum Gasteiger partial charge on any atom is -0.451 e. The summed E-state index contributed by atoms with van der Waals surface area (Å²) in [5.74, 6) is -0.812. The van der Waals surface area contributed by atoms with Crippen molar-refractivity contribution in [3.05, 3.63) is 47.9 Å². The van der Waals surface area contributed by atoms with Gasteiger partial charge in [0.15, 0.2) is 10.7 Å². The summed E-state index contributed by atoms with van der Waals surface area (Å²) >= 11 is 5.92. The number of aromatic nitrogens is 2. The molecular weight excluding hydrogens is 302 g/mol. The van der Waals surface area contributed by atoms with Crippen LogP contribution in [0.1, 0.15) is 5.82 Å². The highest BCUT2D eigenvalue weighted by Gasteiger charge is 2.37. The smallest absolute Gasteiger partial charge is 0.417 e. The summed E-state index contributed by atoms with van der Waals surface area (Å²) in [7, 11) is 0. The van der Waals surface area contributed by atoms with E-state index in [0.717, 1.165) is 0 Å². The number of halogens is 3. The van der Waals surface area contributed by atoms with Crippen LogP contribution in [-0.4, -0.2) is 16.6 Å². The first kappa shape index (κ1) is 13.9. The van der Waals surface area contributed by atoms with Crippen molar-refractivity contribution in [1.29, 1.82) is 0 Å². The van der Waals surface area contributed by atoms with Crippen LogP contribution in [0.3, 0.4) is 0 Å². The van der Waals surface area contributed by atoms with Crippen molar-refractivity contribution in [2.24, 2.45) is 0 Å². The average molecular weight is 311 g/mol. The van der Waals surface area contributed by atoms with Gasteiger partial charge in [-0.2, -0.15) is 8.78 Å². The predicted octanol–water partition coefficient (Wildman–Crippen LogP) is 4.28. The van der Waals surface area contributed by atoms with E-state index in [1.807, 2.05) is 0 Å². The summed E-state index contributed by atoms with van der Waals surface area (Å²) < 4.78 is 37.6. The Morgan fingerprint density at radius 2 is 2.10 bits per heavy atom. The quantitative estimate of drug-likeness (QED) is 0.533. The van der Waals surface area contributed by atoms with Crippen molar-refractivity contribution >= 4 is 33.7 Å². The van der Waals surface area contributed by atoms with Crippen LogP contribution in [0.2, 0.25) is 5.15 Å². The predicted molar refractivity (Wildman–Crippen MR) is 74.4 cm³/mol. The summed E-state index contributed by atoms with van der Waals surface area (Å²) in [4.78, 5) is 7.42. The van der Waals surface area contributed by atoms with E-state index in [2.05, 4.69) is 21.3 Å². The van der Waals surface area contributed by atoms with Gasteiger partial charge in [0, 0.05) is 5.39 Å². The molecule has 108 valence electrons. The largest absolute Gasteiger partial charge is 0.451 e. The first-order valence-electron chi connectivity index (χ1n) is 6.01. The molecule has 0 atom stereocenters. The van der Waals surface area contributed by atoms with Crippen LogP contribution in [0.5, 0.6) is 0 Å². The van der Waals surface area contributed by atoms with Crippen molar-refractivity contribution in [2.75, 3.05) is 6.61 Å². The van der Waals surface area contributed by atoms with E-state index in [1.165, 1.54) is 6.08 Å². The molecule has 2 aromatic heterocycles. The van der Waals surface area contributed by atoms with E-state index in [-0.39, 0.29) is 22.9 Å². The monoisotopic (exact) mass is 310 g/mol. The summed E-state index contributed by atoms with van der Waals surface area (Å²) in [5, 5.41) is 0.394. The van der Waals surface area contributed by atoms with Gasteiger partial charge in [0.2, 0.25) is 5.82 Å². The zero-order chi connectivity index (χ0) is 15.0. The van der Waals surface area contributed by atoms with Crippen molar-refractivity contribution in [2.45, 2.75) is 6.11 Å². The molecule has 0 spiro atoms. The lowest BCUT2D eigenvalue weighted by Gasteiger charge is -2.14. The maximum absolute atomic E-state index is 13.9. The van der Waals surface area contributed by atoms with Crippen molar-refractivity contribution in [3.63, 3.8) is 0 Å². The van der Waals surface area contributed by atoms with Gasteiger partial charge in [-0.25, -0.2) is 9.97 Å². The minimum absolute atomic E-state index is 0.168. The number of furan rings is 1. The fourth-order valence-electron chi connectivity index (χ4n) is 1.92. The van der Waals surface area contributed by atoms with Gasteiger partial charge >= 0.3 is 6.11 Å². The molecule has 2 heterocycles. The number of hydrogen-bond acceptors (Lipinski definition) is 4. The Hall–Kier alpha value is -2.05. The van der Waals surface area contributed by atoms with Gasteiger partial charge in [-0.1, -0.05) is 29.8 Å². The Labute approximate surface area is 123 Å². The van der Waals surface area contributed by atoms with Crippen LogP contribution >= 0.6 is 11.6 Å². The van der Waals surface area contributed by atoms with Crippen molar-refractivity contribution in [1.82, 2.24) is 9.97 Å². The molecular formula is C14H9ClF2N2O2. The highest BCUT2D eigenvalue weighted by molar-refractivity contribution is 6.34. The minimum atomic E-state index is -3.66. The van der Waals surface area contributed by atoms with Crippen LogP contribution < -0.4 is 0 Å². The molecule has 7 heteroatoms. The lowest BCUT2D eigenvalue weighted by atomic mass is 10.2. The Morgan fingerprint density at radius 3 is 2.86 bits per heavy atom. The molecule has 0 radical (unpaired) electrons. The molecule has 0 saturated carbocycles. The van der Waals surface area contributed by atoms with E-state index in [0.29, 0.717) is 11.0 Å². The molecule has 3 aromatic rings. The van der Waals surface area contributed by atoms with E-state index < -0.39 is 11.9 Å². The molecule has 0 aliphatic carbocycles. The first-order valence-corrected chi connectivity index (χ1v) is 6.38. The number of benzene rings is 1. The maximum Gasteiger partial charge on any atom is 0.417 e. The lowest BCUT2D eigenvalue weighted by molar-refractivity contribution is -0.247. The number of fused-ring (bicyclic) bond motifs is 3. The van der Waals surface area contributed by atoms with E-state index >= 15 is 0 Å². The highest BCUT2D eigenvalue weighted by atomic mass is 35.5. The molecule has 21 heavy (non-hydrogen) atoms. The zero-order valence-corrected chi connectivity index (χ0v) is 11.4. The van der Waals surface area contributed by atoms with Crippen LogP contribution in [0.4, 0.5) is 8.78 Å². The standard InChI is InChI=1S/C14H9ClF2N2O2/c1-2-7-20-14(16,17)13-18-10-8-5-3-4-6-9(8)21-11(10)12(15)19-13/h2-6H,1,7H2. The Kier molecular flexibility index (Phi) is 3.35. The fraction of sp³-hybridized carbons (Fsp3) is 0.143. The molecule has 0 amide bonds. The molecule has 0 aliphatic heterocycles. The van der Waals surface area contributed by atoms with Gasteiger partial charge in [-0.05, 0) is 12.1 Å². The normalized spacial score (nSPS) is 12.1. The van der Waals surface area contributed by atoms with Gasteiger partial charge in [0.1, 0.15) is 11.1 Å². The third kappa shape index (κ3) is 2.36. The molecule has 0 fully saturated rings. The number of nitrogens with zero attached hydrogens (tertiary/aromatic N) is 2. The van der Waals surface area contributed by atoms with Gasteiger partial charge < -0.3 is 9.15 Å². The third-order valence-corrected chi connectivity index (χ3v) is 3.08. The molecule has 0 unspecified atom stereocenters. The second-order valence-electron chi connectivity index (χ2n) is 4.23. The topological polar surface area (TPSA) is 48.2 Å². The summed E-state index contributed by atoms with van der Waals surface area (Å²) in [5.41, 5.74) is 0.889. The molecule has 3 rings (SSSR count). The van der Waals surface area contributed by atoms with Crippen molar-refractivity contribution < 1.29 is 17.9 Å². The maximum atomic E-state index is 13.9. The van der Waals surface area contributed by atoms with Crippen LogP contribution in [0.15, 0.2) is 41.3 Å². The number of rotatable bonds is 4. The van der Waals surface area contributed by atoms with Gasteiger partial charge in [-0.3, -0.25) is 0 Å². The van der Waals surface area contributed by atoms with Gasteiger partial charge in [0.25, 0.3) is 0 Å². The molecule has 1 aromatic carbocycles. The Bertz CT molecular complexity index is 832. The Balaban J connectivity index is 2.22. The number of para-hydroxylation sites is 1. The summed E-state index contributed by atoms with van der Waals surface area (Å²) in [6, 6.07) is 6.91. The third-order valence-electron chi connectivity index (χ3n) is 2.82. The zero-order valence-electron chi connectivity index (χ0n) is 10.6. The summed E-state index contributed by atoms with van der Waals surface area (Å²) in [6.45, 7) is 2.98. The molecule has 0 N–H and O–H groups in total. The number of alkyl halides is 2. The van der Waals surface area contributed by atoms with E-state index in [1.54, 1.807) is 24.3 Å².